The van der Waals surface area contributed by atoms with Crippen molar-refractivity contribution < 1.29 is 9.90 Å². The van der Waals surface area contributed by atoms with Crippen LogP contribution in [0.5, 0.6) is 0 Å². The molecule has 0 amide bonds. The summed E-state index contributed by atoms with van der Waals surface area (Å²) in [5, 5.41) is 10.5. The average Bonchev–Trinajstić information content (AvgIpc) is 2.47. The van der Waals surface area contributed by atoms with Gasteiger partial charge in [0.15, 0.2) is 0 Å². The Hall–Kier alpha value is -1.51. The van der Waals surface area contributed by atoms with Crippen molar-refractivity contribution >= 4 is 29.2 Å². The van der Waals surface area contributed by atoms with Gasteiger partial charge in [0.25, 0.3) is 0 Å². The fraction of sp³-hybridized carbons (Fsp3) is 0.235. The van der Waals surface area contributed by atoms with Crippen LogP contribution in [0.15, 0.2) is 42.5 Å². The van der Waals surface area contributed by atoms with Gasteiger partial charge in [-0.3, -0.25) is 4.79 Å². The van der Waals surface area contributed by atoms with E-state index in [9.17, 15) is 9.90 Å². The Kier molecular flexibility index (Phi) is 5.27. The van der Waals surface area contributed by atoms with Gasteiger partial charge in [0.05, 0.1) is 5.92 Å². The van der Waals surface area contributed by atoms with Crippen LogP contribution >= 0.6 is 23.2 Å². The smallest absolute Gasteiger partial charge is 0.311 e. The summed E-state index contributed by atoms with van der Waals surface area (Å²) in [6, 6.07) is 12.8. The van der Waals surface area contributed by atoms with Crippen molar-refractivity contribution in [1.29, 1.82) is 0 Å². The zero-order chi connectivity index (χ0) is 15.4. The molecule has 0 fully saturated rings. The van der Waals surface area contributed by atoms with E-state index in [0.717, 1.165) is 12.0 Å². The predicted octanol–water partition coefficient (Wildman–Crippen LogP) is 4.97. The maximum absolute atomic E-state index is 11.6. The van der Waals surface area contributed by atoms with Crippen LogP contribution in [0, 0.1) is 0 Å². The Labute approximate surface area is 134 Å². The zero-order valence-corrected chi connectivity index (χ0v) is 13.2. The zero-order valence-electron chi connectivity index (χ0n) is 11.6. The van der Waals surface area contributed by atoms with Gasteiger partial charge in [-0.2, -0.15) is 0 Å². The molecule has 0 aliphatic carbocycles. The molecule has 21 heavy (non-hydrogen) atoms. The summed E-state index contributed by atoms with van der Waals surface area (Å²) in [5.41, 5.74) is 2.61. The van der Waals surface area contributed by atoms with E-state index in [1.165, 1.54) is 5.56 Å². The first-order chi connectivity index (χ1) is 10.0. The first kappa shape index (κ1) is 15.9. The number of rotatable bonds is 5. The molecule has 0 aromatic heterocycles. The summed E-state index contributed by atoms with van der Waals surface area (Å²) in [6.07, 6.45) is 1.20. The topological polar surface area (TPSA) is 37.3 Å². The number of aryl methyl sites for hydroxylation is 1. The highest BCUT2D eigenvalue weighted by Crippen LogP contribution is 2.30. The van der Waals surface area contributed by atoms with Crippen molar-refractivity contribution in [1.82, 2.24) is 0 Å². The summed E-state index contributed by atoms with van der Waals surface area (Å²) in [4.78, 5) is 11.6. The summed E-state index contributed by atoms with van der Waals surface area (Å²) < 4.78 is 0. The normalized spacial score (nSPS) is 12.1. The van der Waals surface area contributed by atoms with Crippen molar-refractivity contribution in [2.75, 3.05) is 0 Å². The van der Waals surface area contributed by atoms with Crippen LogP contribution in [-0.2, 0) is 17.6 Å². The van der Waals surface area contributed by atoms with Crippen LogP contribution in [0.25, 0.3) is 0 Å². The molecule has 4 heteroatoms. The van der Waals surface area contributed by atoms with Gasteiger partial charge < -0.3 is 5.11 Å². The van der Waals surface area contributed by atoms with Crippen molar-refractivity contribution in [2.24, 2.45) is 0 Å². The third-order valence-electron chi connectivity index (χ3n) is 3.56. The van der Waals surface area contributed by atoms with Gasteiger partial charge in [-0.1, -0.05) is 60.5 Å². The summed E-state index contributed by atoms with van der Waals surface area (Å²) >= 11 is 12.3. The van der Waals surface area contributed by atoms with E-state index >= 15 is 0 Å². The highest BCUT2D eigenvalue weighted by molar-refractivity contribution is 6.36. The SMILES string of the molecule is CCc1ccc(C(Cc2c(Cl)cccc2Cl)C(=O)O)cc1. The Bertz CT molecular complexity index is 615. The van der Waals surface area contributed by atoms with Gasteiger partial charge in [0, 0.05) is 10.0 Å². The average molecular weight is 323 g/mol. The van der Waals surface area contributed by atoms with Crippen LogP contribution in [0.2, 0.25) is 10.0 Å². The molecule has 1 unspecified atom stereocenters. The molecule has 110 valence electrons. The molecular weight excluding hydrogens is 307 g/mol. The van der Waals surface area contributed by atoms with Gasteiger partial charge in [-0.15, -0.1) is 0 Å². The minimum Gasteiger partial charge on any atom is -0.481 e. The van der Waals surface area contributed by atoms with Crippen molar-refractivity contribution in [3.63, 3.8) is 0 Å². The summed E-state index contributed by atoms with van der Waals surface area (Å²) in [7, 11) is 0. The number of hydrogen-bond donors (Lipinski definition) is 1. The molecule has 0 aliphatic heterocycles. The van der Waals surface area contributed by atoms with E-state index in [4.69, 9.17) is 23.2 Å². The van der Waals surface area contributed by atoms with E-state index in [0.29, 0.717) is 15.6 Å². The number of carboxylic acids is 1. The van der Waals surface area contributed by atoms with Crippen LogP contribution < -0.4 is 0 Å². The molecule has 2 nitrogen and oxygen atoms in total. The molecule has 0 bridgehead atoms. The standard InChI is InChI=1S/C17H16Cl2O2/c1-2-11-6-8-12(9-7-11)13(17(20)21)10-14-15(18)4-3-5-16(14)19/h3-9,13H,2,10H2,1H3,(H,20,21). The maximum atomic E-state index is 11.6. The molecule has 1 atom stereocenters. The lowest BCUT2D eigenvalue weighted by atomic mass is 9.91. The largest absolute Gasteiger partial charge is 0.481 e. The summed E-state index contributed by atoms with van der Waals surface area (Å²) in [5.74, 6) is -1.54. The Balaban J connectivity index is 2.33. The molecule has 0 saturated heterocycles. The second-order valence-electron chi connectivity index (χ2n) is 4.89. The minimum atomic E-state index is -0.879. The van der Waals surface area contributed by atoms with Crippen LogP contribution in [0.3, 0.4) is 0 Å². The van der Waals surface area contributed by atoms with Gasteiger partial charge in [-0.05, 0) is 41.7 Å². The first-order valence-corrected chi connectivity index (χ1v) is 7.53. The number of hydrogen-bond acceptors (Lipinski definition) is 1. The molecule has 1 N–H and O–H groups in total. The molecule has 2 aromatic carbocycles. The molecule has 0 spiro atoms. The predicted molar refractivity (Wildman–Crippen MR) is 86.4 cm³/mol. The van der Waals surface area contributed by atoms with Gasteiger partial charge in [0.2, 0.25) is 0 Å². The number of halogens is 2. The van der Waals surface area contributed by atoms with Crippen LogP contribution in [0.1, 0.15) is 29.5 Å². The fourth-order valence-electron chi connectivity index (χ4n) is 2.26. The van der Waals surface area contributed by atoms with Crippen LogP contribution in [0.4, 0.5) is 0 Å². The maximum Gasteiger partial charge on any atom is 0.311 e. The number of carbonyl (C=O) groups is 1. The van der Waals surface area contributed by atoms with Crippen LogP contribution in [-0.4, -0.2) is 11.1 Å². The minimum absolute atomic E-state index is 0.277. The molecule has 2 aromatic rings. The van der Waals surface area contributed by atoms with E-state index in [1.807, 2.05) is 24.3 Å². The highest BCUT2D eigenvalue weighted by Gasteiger charge is 2.22. The van der Waals surface area contributed by atoms with Gasteiger partial charge in [-0.25, -0.2) is 0 Å². The third-order valence-corrected chi connectivity index (χ3v) is 4.27. The molecule has 0 heterocycles. The number of benzene rings is 2. The van der Waals surface area contributed by atoms with E-state index in [1.54, 1.807) is 18.2 Å². The lowest BCUT2D eigenvalue weighted by Gasteiger charge is -2.15. The second-order valence-corrected chi connectivity index (χ2v) is 5.70. The van der Waals surface area contributed by atoms with E-state index < -0.39 is 11.9 Å². The van der Waals surface area contributed by atoms with Crippen molar-refractivity contribution in [2.45, 2.75) is 25.7 Å². The van der Waals surface area contributed by atoms with Crippen molar-refractivity contribution in [3.05, 3.63) is 69.2 Å². The first-order valence-electron chi connectivity index (χ1n) is 6.77. The fourth-order valence-corrected chi connectivity index (χ4v) is 2.82. The molecule has 2 rings (SSSR count). The third kappa shape index (κ3) is 3.78. The molecule has 0 aliphatic rings. The Morgan fingerprint density at radius 1 is 1.10 bits per heavy atom. The quantitative estimate of drug-likeness (QED) is 0.844. The molecule has 0 radical (unpaired) electrons. The highest BCUT2D eigenvalue weighted by atomic mass is 35.5. The van der Waals surface area contributed by atoms with Gasteiger partial charge in [0.1, 0.15) is 0 Å². The Morgan fingerprint density at radius 3 is 2.14 bits per heavy atom. The monoisotopic (exact) mass is 322 g/mol. The Morgan fingerprint density at radius 2 is 1.67 bits per heavy atom. The second kappa shape index (κ2) is 6.97. The van der Waals surface area contributed by atoms with E-state index in [2.05, 4.69) is 6.92 Å². The molecule has 0 saturated carbocycles. The number of aliphatic carboxylic acids is 1. The van der Waals surface area contributed by atoms with Crippen molar-refractivity contribution in [3.8, 4) is 0 Å². The van der Waals surface area contributed by atoms with Gasteiger partial charge >= 0.3 is 5.97 Å². The number of carboxylic acid groups (broad SMARTS) is 1. The lowest BCUT2D eigenvalue weighted by molar-refractivity contribution is -0.138. The molecular formula is C17H16Cl2O2. The summed E-state index contributed by atoms with van der Waals surface area (Å²) in [6.45, 7) is 2.06. The van der Waals surface area contributed by atoms with E-state index in [-0.39, 0.29) is 6.42 Å². The lowest BCUT2D eigenvalue weighted by Crippen LogP contribution is -2.15.